The Morgan fingerprint density at radius 3 is 1.73 bits per heavy atom. The summed E-state index contributed by atoms with van der Waals surface area (Å²) in [5.41, 5.74) is -0.431. The third-order valence-electron chi connectivity index (χ3n) is 3.44. The molecule has 0 amide bonds. The van der Waals surface area contributed by atoms with E-state index >= 15 is 0 Å². The second-order valence-corrected chi connectivity index (χ2v) is 3.93. The summed E-state index contributed by atoms with van der Waals surface area (Å²) in [4.78, 5) is 21.5. The van der Waals surface area contributed by atoms with Gasteiger partial charge >= 0.3 is 0 Å². The molecule has 2 fully saturated rings. The Labute approximate surface area is 66.0 Å². The van der Waals surface area contributed by atoms with Crippen molar-refractivity contribution in [2.45, 2.75) is 32.1 Å². The molecule has 2 aliphatic rings. The SMILES string of the molecule is O=C[C@@]12CCCC[C@]1(C=O)C2. The van der Waals surface area contributed by atoms with E-state index < -0.39 is 0 Å². The molecule has 2 aliphatic carbocycles. The lowest BCUT2D eigenvalue weighted by Gasteiger charge is -2.21. The van der Waals surface area contributed by atoms with Crippen LogP contribution in [0.15, 0.2) is 0 Å². The molecule has 0 aromatic rings. The van der Waals surface area contributed by atoms with Crippen LogP contribution >= 0.6 is 0 Å². The van der Waals surface area contributed by atoms with Crippen LogP contribution in [0.4, 0.5) is 0 Å². The van der Waals surface area contributed by atoms with Crippen molar-refractivity contribution < 1.29 is 9.59 Å². The first-order valence-electron chi connectivity index (χ1n) is 4.21. The highest BCUT2D eigenvalue weighted by Crippen LogP contribution is 2.68. The van der Waals surface area contributed by atoms with E-state index in [2.05, 4.69) is 0 Å². The maximum atomic E-state index is 10.7. The highest BCUT2D eigenvalue weighted by Gasteiger charge is 2.68. The van der Waals surface area contributed by atoms with Gasteiger partial charge in [-0.1, -0.05) is 12.8 Å². The summed E-state index contributed by atoms with van der Waals surface area (Å²) in [5, 5.41) is 0. The second-order valence-electron chi connectivity index (χ2n) is 3.93. The highest BCUT2D eigenvalue weighted by molar-refractivity contribution is 5.81. The van der Waals surface area contributed by atoms with Crippen molar-refractivity contribution >= 4 is 12.6 Å². The molecule has 0 radical (unpaired) electrons. The lowest BCUT2D eigenvalue weighted by Crippen LogP contribution is -2.21. The quantitative estimate of drug-likeness (QED) is 0.559. The topological polar surface area (TPSA) is 34.1 Å². The van der Waals surface area contributed by atoms with Crippen molar-refractivity contribution in [3.05, 3.63) is 0 Å². The summed E-state index contributed by atoms with van der Waals surface area (Å²) in [6, 6.07) is 0. The van der Waals surface area contributed by atoms with Gasteiger partial charge in [-0.05, 0) is 19.3 Å². The van der Waals surface area contributed by atoms with E-state index in [1.165, 1.54) is 0 Å². The fraction of sp³-hybridized carbons (Fsp3) is 0.778. The van der Waals surface area contributed by atoms with Gasteiger partial charge in [-0.25, -0.2) is 0 Å². The average molecular weight is 152 g/mol. The summed E-state index contributed by atoms with van der Waals surface area (Å²) >= 11 is 0. The summed E-state index contributed by atoms with van der Waals surface area (Å²) < 4.78 is 0. The van der Waals surface area contributed by atoms with Crippen molar-refractivity contribution in [2.75, 3.05) is 0 Å². The lowest BCUT2D eigenvalue weighted by molar-refractivity contribution is -0.120. The van der Waals surface area contributed by atoms with Crippen LogP contribution in [-0.4, -0.2) is 12.6 Å². The zero-order valence-corrected chi connectivity index (χ0v) is 6.51. The van der Waals surface area contributed by atoms with Crippen molar-refractivity contribution in [1.29, 1.82) is 0 Å². The van der Waals surface area contributed by atoms with E-state index in [4.69, 9.17) is 0 Å². The van der Waals surface area contributed by atoms with E-state index in [0.29, 0.717) is 0 Å². The molecular weight excluding hydrogens is 140 g/mol. The summed E-state index contributed by atoms with van der Waals surface area (Å²) in [6.45, 7) is 0. The Morgan fingerprint density at radius 1 is 0.909 bits per heavy atom. The minimum absolute atomic E-state index is 0.215. The predicted molar refractivity (Wildman–Crippen MR) is 40.1 cm³/mol. The molecule has 0 unspecified atom stereocenters. The van der Waals surface area contributed by atoms with Crippen molar-refractivity contribution in [3.8, 4) is 0 Å². The number of fused-ring (bicyclic) bond motifs is 1. The first-order chi connectivity index (χ1) is 5.29. The minimum Gasteiger partial charge on any atom is -0.303 e. The lowest BCUT2D eigenvalue weighted by atomic mass is 9.81. The van der Waals surface area contributed by atoms with Gasteiger partial charge in [-0.15, -0.1) is 0 Å². The van der Waals surface area contributed by atoms with Crippen molar-refractivity contribution in [3.63, 3.8) is 0 Å². The van der Waals surface area contributed by atoms with Crippen molar-refractivity contribution in [1.82, 2.24) is 0 Å². The molecule has 0 heterocycles. The van der Waals surface area contributed by atoms with Crippen LogP contribution < -0.4 is 0 Å². The third kappa shape index (κ3) is 0.673. The molecule has 0 bridgehead atoms. The number of carbonyl (C=O) groups is 2. The van der Waals surface area contributed by atoms with Gasteiger partial charge in [0, 0.05) is 10.8 Å². The Morgan fingerprint density at radius 2 is 1.36 bits per heavy atom. The molecule has 0 saturated heterocycles. The van der Waals surface area contributed by atoms with Crippen LogP contribution in [0.5, 0.6) is 0 Å². The van der Waals surface area contributed by atoms with Gasteiger partial charge < -0.3 is 9.59 Å². The molecule has 0 spiro atoms. The third-order valence-corrected chi connectivity index (χ3v) is 3.44. The van der Waals surface area contributed by atoms with Crippen LogP contribution in [0.1, 0.15) is 32.1 Å². The Hall–Kier alpha value is -0.660. The number of aldehydes is 2. The van der Waals surface area contributed by atoms with Crippen LogP contribution in [-0.2, 0) is 9.59 Å². The monoisotopic (exact) mass is 152 g/mol. The van der Waals surface area contributed by atoms with Gasteiger partial charge in [0.25, 0.3) is 0 Å². The van der Waals surface area contributed by atoms with Gasteiger partial charge in [0.15, 0.2) is 0 Å². The predicted octanol–water partition coefficient (Wildman–Crippen LogP) is 1.33. The zero-order valence-electron chi connectivity index (χ0n) is 6.51. The minimum atomic E-state index is -0.215. The van der Waals surface area contributed by atoms with Crippen molar-refractivity contribution in [2.24, 2.45) is 10.8 Å². The molecule has 11 heavy (non-hydrogen) atoms. The molecular formula is C9H12O2. The van der Waals surface area contributed by atoms with E-state index in [9.17, 15) is 9.59 Å². The van der Waals surface area contributed by atoms with E-state index in [1.54, 1.807) is 0 Å². The molecule has 2 heteroatoms. The maximum absolute atomic E-state index is 10.7. The molecule has 2 rings (SSSR count). The molecule has 2 nitrogen and oxygen atoms in total. The highest BCUT2D eigenvalue weighted by atomic mass is 16.1. The zero-order chi connectivity index (χ0) is 7.95. The molecule has 60 valence electrons. The second kappa shape index (κ2) is 1.93. The van der Waals surface area contributed by atoms with Gasteiger partial charge in [-0.3, -0.25) is 0 Å². The van der Waals surface area contributed by atoms with E-state index in [0.717, 1.165) is 44.7 Å². The Bertz CT molecular complexity index is 190. The molecule has 2 atom stereocenters. The maximum Gasteiger partial charge on any atom is 0.127 e. The fourth-order valence-corrected chi connectivity index (χ4v) is 2.51. The van der Waals surface area contributed by atoms with Gasteiger partial charge in [0.2, 0.25) is 0 Å². The van der Waals surface area contributed by atoms with Gasteiger partial charge in [0.05, 0.1) is 0 Å². The molecule has 2 saturated carbocycles. The summed E-state index contributed by atoms with van der Waals surface area (Å²) in [5.74, 6) is 0. The average Bonchev–Trinajstić information content (AvgIpc) is 2.75. The molecule has 0 aliphatic heterocycles. The molecule has 0 N–H and O–H groups in total. The van der Waals surface area contributed by atoms with Crippen LogP contribution in [0, 0.1) is 10.8 Å². The number of carbonyl (C=O) groups excluding carboxylic acids is 2. The normalized spacial score (nSPS) is 47.6. The first-order valence-corrected chi connectivity index (χ1v) is 4.21. The molecule has 0 aromatic heterocycles. The van der Waals surface area contributed by atoms with E-state index in [1.807, 2.05) is 0 Å². The standard InChI is InChI=1S/C9H12O2/c10-6-8-3-1-2-4-9(8,5-8)7-11/h6-7H,1-5H2/t8-,9+. The van der Waals surface area contributed by atoms with Gasteiger partial charge in [-0.2, -0.15) is 0 Å². The Kier molecular flexibility index (Phi) is 1.23. The van der Waals surface area contributed by atoms with Crippen LogP contribution in [0.25, 0.3) is 0 Å². The smallest absolute Gasteiger partial charge is 0.127 e. The number of hydrogen-bond acceptors (Lipinski definition) is 2. The largest absolute Gasteiger partial charge is 0.303 e. The van der Waals surface area contributed by atoms with E-state index in [-0.39, 0.29) is 10.8 Å². The molecule has 0 aromatic carbocycles. The number of rotatable bonds is 2. The number of hydrogen-bond donors (Lipinski definition) is 0. The first kappa shape index (κ1) is 7.01. The summed E-state index contributed by atoms with van der Waals surface area (Å²) in [6.07, 6.45) is 6.97. The van der Waals surface area contributed by atoms with Crippen LogP contribution in [0.2, 0.25) is 0 Å². The fourth-order valence-electron chi connectivity index (χ4n) is 2.51. The van der Waals surface area contributed by atoms with Gasteiger partial charge in [0.1, 0.15) is 12.6 Å². The summed E-state index contributed by atoms with van der Waals surface area (Å²) in [7, 11) is 0. The Balaban J connectivity index is 2.25. The van der Waals surface area contributed by atoms with Crippen LogP contribution in [0.3, 0.4) is 0 Å².